The predicted octanol–water partition coefficient (Wildman–Crippen LogP) is 4.94. The summed E-state index contributed by atoms with van der Waals surface area (Å²) in [5.74, 6) is 0.354. The second-order valence-corrected chi connectivity index (χ2v) is 11.1. The fourth-order valence-electron chi connectivity index (χ4n) is 4.08. The first-order valence-electron chi connectivity index (χ1n) is 11.6. The van der Waals surface area contributed by atoms with Gasteiger partial charge in [-0.15, -0.1) is 5.10 Å². The second-order valence-electron chi connectivity index (χ2n) is 11.1. The van der Waals surface area contributed by atoms with Crippen LogP contribution < -0.4 is 16.4 Å². The number of fused-ring (bicyclic) bond motifs is 1. The lowest BCUT2D eigenvalue weighted by molar-refractivity contribution is 0.0475. The van der Waals surface area contributed by atoms with E-state index in [0.717, 1.165) is 40.6 Å². The minimum Gasteiger partial charge on any atom is -0.444 e. The van der Waals surface area contributed by atoms with E-state index in [1.54, 1.807) is 0 Å². The van der Waals surface area contributed by atoms with Crippen LogP contribution >= 0.6 is 0 Å². The molecule has 2 aromatic heterocycles. The number of anilines is 2. The molecule has 4 rings (SSSR count). The molecule has 0 atom stereocenters. The van der Waals surface area contributed by atoms with Crippen LogP contribution in [0.15, 0.2) is 22.6 Å². The molecule has 0 spiro atoms. The average Bonchev–Trinajstić information content (AvgIpc) is 3.12. The topological polar surface area (TPSA) is 128 Å². The lowest BCUT2D eigenvalue weighted by Crippen LogP contribution is -2.50. The van der Waals surface area contributed by atoms with E-state index in [9.17, 15) is 4.79 Å². The fourth-order valence-corrected chi connectivity index (χ4v) is 4.08. The number of aromatic nitrogens is 3. The molecule has 0 radical (unpaired) electrons. The van der Waals surface area contributed by atoms with E-state index in [1.165, 1.54) is 0 Å². The summed E-state index contributed by atoms with van der Waals surface area (Å²) in [4.78, 5) is 16.8. The summed E-state index contributed by atoms with van der Waals surface area (Å²) in [6, 6.07) is 6.41. The van der Waals surface area contributed by atoms with E-state index in [4.69, 9.17) is 19.9 Å². The third-order valence-electron chi connectivity index (χ3n) is 5.78. The number of nitrogens with one attached hydrogen (secondary N) is 2. The number of amides is 1. The highest BCUT2D eigenvalue weighted by Gasteiger charge is 2.32. The molecule has 9 nitrogen and oxygen atoms in total. The van der Waals surface area contributed by atoms with Crippen molar-refractivity contribution in [2.75, 3.05) is 11.1 Å². The minimum absolute atomic E-state index is 0.0581. The van der Waals surface area contributed by atoms with Crippen LogP contribution in [0, 0.1) is 6.92 Å². The van der Waals surface area contributed by atoms with Crippen molar-refractivity contribution in [2.45, 2.75) is 84.4 Å². The standard InChI is InChI=1S/C25H34N6O3/c1-13-8-19(29-20-17(13)9-14(26)10-18(20)24(2,3)4)21-30-31-22(33-21)27-15-11-16(12-15)28-23(32)34-25(5,6)7/h8-10,15-16H,11-12,26H2,1-7H3,(H,27,31)(H,28,32)/t15-,16+. The van der Waals surface area contributed by atoms with Crippen molar-refractivity contribution in [2.24, 2.45) is 0 Å². The molecule has 1 amide bonds. The van der Waals surface area contributed by atoms with Crippen LogP contribution in [0.1, 0.15) is 65.5 Å². The molecule has 1 aliphatic rings. The number of alkyl carbamates (subject to hydrolysis) is 1. The molecule has 182 valence electrons. The summed E-state index contributed by atoms with van der Waals surface area (Å²) >= 11 is 0. The zero-order valence-corrected chi connectivity index (χ0v) is 20.9. The Balaban J connectivity index is 1.46. The van der Waals surface area contributed by atoms with E-state index < -0.39 is 11.7 Å². The van der Waals surface area contributed by atoms with Crippen molar-refractivity contribution in [1.82, 2.24) is 20.5 Å². The van der Waals surface area contributed by atoms with Gasteiger partial charge in [0.2, 0.25) is 0 Å². The highest BCUT2D eigenvalue weighted by atomic mass is 16.6. The number of pyridine rings is 1. The van der Waals surface area contributed by atoms with E-state index in [-0.39, 0.29) is 17.5 Å². The molecular formula is C25H34N6O3. The molecular weight excluding hydrogens is 432 g/mol. The average molecular weight is 467 g/mol. The Bertz CT molecular complexity index is 1220. The first-order valence-corrected chi connectivity index (χ1v) is 11.6. The number of rotatable bonds is 4. The summed E-state index contributed by atoms with van der Waals surface area (Å²) in [5.41, 5.74) is 9.88. The summed E-state index contributed by atoms with van der Waals surface area (Å²) in [6.07, 6.45) is 1.10. The molecule has 1 aliphatic carbocycles. The molecule has 4 N–H and O–H groups in total. The van der Waals surface area contributed by atoms with Gasteiger partial charge < -0.3 is 25.5 Å². The third-order valence-corrected chi connectivity index (χ3v) is 5.78. The van der Waals surface area contributed by atoms with Gasteiger partial charge in [0, 0.05) is 23.2 Å². The van der Waals surface area contributed by atoms with Gasteiger partial charge in [-0.3, -0.25) is 0 Å². The quantitative estimate of drug-likeness (QED) is 0.461. The van der Waals surface area contributed by atoms with Crippen LogP contribution in [0.25, 0.3) is 22.5 Å². The number of carbonyl (C=O) groups excluding carboxylic acids is 1. The number of nitrogens with zero attached hydrogens (tertiary/aromatic N) is 3. The molecule has 1 fully saturated rings. The molecule has 1 saturated carbocycles. The Morgan fingerprint density at radius 3 is 2.44 bits per heavy atom. The Labute approximate surface area is 199 Å². The number of nitrogen functional groups attached to an aromatic ring is 1. The van der Waals surface area contributed by atoms with Gasteiger partial charge in [-0.25, -0.2) is 9.78 Å². The third kappa shape index (κ3) is 5.24. The molecule has 0 aliphatic heterocycles. The van der Waals surface area contributed by atoms with Crippen molar-refractivity contribution < 1.29 is 13.9 Å². The van der Waals surface area contributed by atoms with Crippen LogP contribution in [-0.2, 0) is 10.2 Å². The van der Waals surface area contributed by atoms with Gasteiger partial charge in [0.25, 0.3) is 5.89 Å². The van der Waals surface area contributed by atoms with E-state index in [1.807, 2.05) is 45.9 Å². The number of ether oxygens (including phenoxy) is 1. The molecule has 3 aromatic rings. The van der Waals surface area contributed by atoms with Gasteiger partial charge in [0.1, 0.15) is 11.3 Å². The smallest absolute Gasteiger partial charge is 0.407 e. The monoisotopic (exact) mass is 466 g/mol. The number of hydrogen-bond acceptors (Lipinski definition) is 8. The fraction of sp³-hybridized carbons (Fsp3) is 0.520. The van der Waals surface area contributed by atoms with Crippen molar-refractivity contribution in [3.8, 4) is 11.6 Å². The zero-order valence-electron chi connectivity index (χ0n) is 20.9. The van der Waals surface area contributed by atoms with Crippen LogP contribution in [0.3, 0.4) is 0 Å². The van der Waals surface area contributed by atoms with Crippen LogP contribution in [0.2, 0.25) is 0 Å². The molecule has 9 heteroatoms. The van der Waals surface area contributed by atoms with Gasteiger partial charge in [-0.2, -0.15) is 0 Å². The molecule has 0 unspecified atom stereocenters. The maximum absolute atomic E-state index is 11.9. The van der Waals surface area contributed by atoms with Gasteiger partial charge >= 0.3 is 12.1 Å². The molecule has 2 heterocycles. The second kappa shape index (κ2) is 8.45. The molecule has 1 aromatic carbocycles. The molecule has 34 heavy (non-hydrogen) atoms. The van der Waals surface area contributed by atoms with Gasteiger partial charge in [0.15, 0.2) is 0 Å². The summed E-state index contributed by atoms with van der Waals surface area (Å²) in [5, 5.41) is 15.5. The minimum atomic E-state index is -0.513. The first kappa shape index (κ1) is 23.8. The molecule has 0 saturated heterocycles. The summed E-state index contributed by atoms with van der Waals surface area (Å²) < 4.78 is 11.2. The number of nitrogens with two attached hydrogens (primary N) is 1. The largest absolute Gasteiger partial charge is 0.444 e. The highest BCUT2D eigenvalue weighted by Crippen LogP contribution is 2.34. The number of aryl methyl sites for hydroxylation is 1. The number of carbonyl (C=O) groups is 1. The van der Waals surface area contributed by atoms with Crippen LogP contribution in [0.4, 0.5) is 16.5 Å². The normalized spacial score (nSPS) is 18.4. The van der Waals surface area contributed by atoms with E-state index in [0.29, 0.717) is 17.6 Å². The Hall–Kier alpha value is -3.36. The zero-order chi connectivity index (χ0) is 24.8. The van der Waals surface area contributed by atoms with Crippen LogP contribution in [-0.4, -0.2) is 39.0 Å². The lowest BCUT2D eigenvalue weighted by Gasteiger charge is -2.36. The van der Waals surface area contributed by atoms with Crippen molar-refractivity contribution in [1.29, 1.82) is 0 Å². The summed E-state index contributed by atoms with van der Waals surface area (Å²) in [7, 11) is 0. The van der Waals surface area contributed by atoms with Gasteiger partial charge in [-0.05, 0) is 75.3 Å². The van der Waals surface area contributed by atoms with Gasteiger partial charge in [0.05, 0.1) is 5.52 Å². The van der Waals surface area contributed by atoms with E-state index in [2.05, 4.69) is 41.6 Å². The van der Waals surface area contributed by atoms with Gasteiger partial charge in [-0.1, -0.05) is 25.9 Å². The maximum atomic E-state index is 11.9. The molecule has 0 bridgehead atoms. The maximum Gasteiger partial charge on any atom is 0.407 e. The SMILES string of the molecule is Cc1cc(-c2nnc(N[C@H]3C[C@@H](NC(=O)OC(C)(C)C)C3)o2)nc2c(C(C)(C)C)cc(N)cc12. The first-order chi connectivity index (χ1) is 15.8. The predicted molar refractivity (Wildman–Crippen MR) is 133 cm³/mol. The number of hydrogen-bond donors (Lipinski definition) is 3. The summed E-state index contributed by atoms with van der Waals surface area (Å²) in [6.45, 7) is 14.0. The Morgan fingerprint density at radius 2 is 1.79 bits per heavy atom. The van der Waals surface area contributed by atoms with E-state index >= 15 is 0 Å². The number of benzene rings is 1. The lowest BCUT2D eigenvalue weighted by atomic mass is 9.84. The van der Waals surface area contributed by atoms with Crippen LogP contribution in [0.5, 0.6) is 0 Å². The van der Waals surface area contributed by atoms with Crippen molar-refractivity contribution in [3.63, 3.8) is 0 Å². The Morgan fingerprint density at radius 1 is 1.09 bits per heavy atom. The van der Waals surface area contributed by atoms with Crippen molar-refractivity contribution in [3.05, 3.63) is 29.3 Å². The highest BCUT2D eigenvalue weighted by molar-refractivity contribution is 5.90. The van der Waals surface area contributed by atoms with Crippen molar-refractivity contribution >= 4 is 28.7 Å². The Kier molecular flexibility index (Phi) is 5.91.